The highest BCUT2D eigenvalue weighted by Crippen LogP contribution is 2.31. The van der Waals surface area contributed by atoms with Gasteiger partial charge in [0, 0.05) is 0 Å². The van der Waals surface area contributed by atoms with Gasteiger partial charge in [0.2, 0.25) is 0 Å². The largest absolute Gasteiger partial charge is 0.298 e. The van der Waals surface area contributed by atoms with Gasteiger partial charge in [0.15, 0.2) is 5.11 Å². The number of aryl methyl sites for hydroxylation is 1. The molecule has 0 atom stereocenters. The molecule has 0 aliphatic carbocycles. The van der Waals surface area contributed by atoms with Gasteiger partial charge < -0.3 is 0 Å². The Morgan fingerprint density at radius 2 is 1.42 bits per heavy atom. The van der Waals surface area contributed by atoms with Crippen molar-refractivity contribution in [3.8, 4) is 0 Å². The Kier molecular flexibility index (Phi) is 4.60. The predicted molar refractivity (Wildman–Crippen MR) is 129 cm³/mol. The minimum Gasteiger partial charge on any atom is -0.298 e. The highest BCUT2D eigenvalue weighted by atomic mass is 32.1. The molecule has 5 rings (SSSR count). The van der Waals surface area contributed by atoms with Crippen LogP contribution in [0.4, 0.5) is 5.69 Å². The summed E-state index contributed by atoms with van der Waals surface area (Å²) < 4.78 is 0. The maximum Gasteiger partial charge on any atom is 0.270 e. The third-order valence-corrected chi connectivity index (χ3v) is 5.78. The molecule has 1 aliphatic rings. The normalized spacial score (nSPS) is 15.7. The maximum absolute atomic E-state index is 13.4. The average molecular weight is 423 g/mol. The minimum absolute atomic E-state index is 0.0516. The van der Waals surface area contributed by atoms with E-state index in [-0.39, 0.29) is 10.7 Å². The van der Waals surface area contributed by atoms with Crippen molar-refractivity contribution in [2.75, 3.05) is 4.90 Å². The molecular weight excluding hydrogens is 404 g/mol. The molecule has 0 spiro atoms. The number of thiocarbonyl (C=S) groups is 1. The van der Waals surface area contributed by atoms with Crippen LogP contribution < -0.4 is 10.2 Å². The number of benzene rings is 4. The monoisotopic (exact) mass is 422 g/mol. The van der Waals surface area contributed by atoms with Gasteiger partial charge in [0.25, 0.3) is 11.8 Å². The summed E-state index contributed by atoms with van der Waals surface area (Å²) in [6, 6.07) is 25.5. The third kappa shape index (κ3) is 3.29. The van der Waals surface area contributed by atoms with Gasteiger partial charge in [-0.05, 0) is 70.5 Å². The summed E-state index contributed by atoms with van der Waals surface area (Å²) >= 11 is 5.31. The fourth-order valence-corrected chi connectivity index (χ4v) is 4.22. The number of amides is 2. The number of fused-ring (bicyclic) bond motifs is 2. The van der Waals surface area contributed by atoms with Crippen LogP contribution in [0.25, 0.3) is 27.6 Å². The lowest BCUT2D eigenvalue weighted by Gasteiger charge is -2.29. The molecule has 5 heteroatoms. The Hall–Kier alpha value is -3.83. The lowest BCUT2D eigenvalue weighted by atomic mass is 9.94. The minimum atomic E-state index is -0.490. The van der Waals surface area contributed by atoms with Crippen LogP contribution in [0, 0.1) is 6.92 Å². The van der Waals surface area contributed by atoms with E-state index in [0.717, 1.165) is 32.7 Å². The standard InChI is InChI=1S/C26H18N2O2S/c1-16-10-12-19(13-11-16)28-25(30)23(24(29)27-26(28)31)15-22-20-8-4-2-6-17(20)14-18-7-3-5-9-21(18)22/h2-15H,1H3,(H,27,29,31). The first-order valence-electron chi connectivity index (χ1n) is 9.91. The van der Waals surface area contributed by atoms with Gasteiger partial charge >= 0.3 is 0 Å². The van der Waals surface area contributed by atoms with Crippen LogP contribution in [-0.4, -0.2) is 16.9 Å². The Morgan fingerprint density at radius 3 is 2.03 bits per heavy atom. The number of rotatable bonds is 2. The van der Waals surface area contributed by atoms with Crippen molar-refractivity contribution in [2.45, 2.75) is 6.92 Å². The first kappa shape index (κ1) is 19.2. The van der Waals surface area contributed by atoms with Crippen LogP contribution in [-0.2, 0) is 9.59 Å². The smallest absolute Gasteiger partial charge is 0.270 e. The maximum atomic E-state index is 13.4. The highest BCUT2D eigenvalue weighted by molar-refractivity contribution is 7.80. The molecule has 0 aromatic heterocycles. The summed E-state index contributed by atoms with van der Waals surface area (Å²) in [5.74, 6) is -0.926. The zero-order chi connectivity index (χ0) is 21.5. The van der Waals surface area contributed by atoms with Crippen LogP contribution in [0.5, 0.6) is 0 Å². The lowest BCUT2D eigenvalue weighted by Crippen LogP contribution is -2.54. The zero-order valence-corrected chi connectivity index (χ0v) is 17.6. The zero-order valence-electron chi connectivity index (χ0n) is 16.8. The van der Waals surface area contributed by atoms with Crippen LogP contribution >= 0.6 is 12.2 Å². The fourth-order valence-electron chi connectivity index (χ4n) is 3.93. The highest BCUT2D eigenvalue weighted by Gasteiger charge is 2.34. The summed E-state index contributed by atoms with van der Waals surface area (Å²) in [7, 11) is 0. The van der Waals surface area contributed by atoms with E-state index in [9.17, 15) is 9.59 Å². The van der Waals surface area contributed by atoms with Crippen molar-refractivity contribution >= 4 is 62.5 Å². The Morgan fingerprint density at radius 1 is 0.839 bits per heavy atom. The van der Waals surface area contributed by atoms with E-state index in [1.165, 1.54) is 4.90 Å². The molecule has 1 fully saturated rings. The number of carbonyl (C=O) groups excluding carboxylic acids is 2. The van der Waals surface area contributed by atoms with Gasteiger partial charge in [0.05, 0.1) is 5.69 Å². The molecule has 0 unspecified atom stereocenters. The summed E-state index contributed by atoms with van der Waals surface area (Å²) in [4.78, 5) is 27.6. The molecular formula is C26H18N2O2S. The van der Waals surface area contributed by atoms with Crippen molar-refractivity contribution < 1.29 is 9.59 Å². The lowest BCUT2D eigenvalue weighted by molar-refractivity contribution is -0.122. The molecule has 31 heavy (non-hydrogen) atoms. The molecule has 0 bridgehead atoms. The van der Waals surface area contributed by atoms with Crippen LogP contribution in [0.15, 0.2) is 84.4 Å². The molecule has 0 radical (unpaired) electrons. The van der Waals surface area contributed by atoms with Crippen molar-refractivity contribution in [3.05, 3.63) is 95.6 Å². The van der Waals surface area contributed by atoms with Crippen LogP contribution in [0.2, 0.25) is 0 Å². The number of nitrogens with one attached hydrogen (secondary N) is 1. The molecule has 0 saturated carbocycles. The quantitative estimate of drug-likeness (QED) is 0.211. The van der Waals surface area contributed by atoms with Crippen molar-refractivity contribution in [3.63, 3.8) is 0 Å². The molecule has 4 aromatic carbocycles. The Balaban J connectivity index is 1.71. The van der Waals surface area contributed by atoms with Crippen molar-refractivity contribution in [2.24, 2.45) is 0 Å². The topological polar surface area (TPSA) is 49.4 Å². The Labute approximate surface area is 184 Å². The summed E-state index contributed by atoms with van der Waals surface area (Å²) in [6.45, 7) is 1.97. The third-order valence-electron chi connectivity index (χ3n) is 5.50. The van der Waals surface area contributed by atoms with E-state index in [4.69, 9.17) is 12.2 Å². The first-order chi connectivity index (χ1) is 15.0. The summed E-state index contributed by atoms with van der Waals surface area (Å²) in [5, 5.41) is 6.79. The van der Waals surface area contributed by atoms with Crippen molar-refractivity contribution in [1.29, 1.82) is 0 Å². The van der Waals surface area contributed by atoms with Gasteiger partial charge in [0.1, 0.15) is 5.57 Å². The number of hydrogen-bond donors (Lipinski definition) is 1. The van der Waals surface area contributed by atoms with Gasteiger partial charge in [-0.1, -0.05) is 66.2 Å². The number of nitrogens with zero attached hydrogens (tertiary/aromatic N) is 1. The van der Waals surface area contributed by atoms with Gasteiger partial charge in [-0.15, -0.1) is 0 Å². The van der Waals surface area contributed by atoms with E-state index in [2.05, 4.69) is 11.4 Å². The van der Waals surface area contributed by atoms with E-state index in [0.29, 0.717) is 5.69 Å². The molecule has 2 amide bonds. The number of hydrogen-bond acceptors (Lipinski definition) is 3. The van der Waals surface area contributed by atoms with E-state index >= 15 is 0 Å². The second-order valence-corrected chi connectivity index (χ2v) is 7.91. The average Bonchev–Trinajstić information content (AvgIpc) is 2.77. The second kappa shape index (κ2) is 7.45. The second-order valence-electron chi connectivity index (χ2n) is 7.53. The predicted octanol–water partition coefficient (Wildman–Crippen LogP) is 5.13. The molecule has 1 N–H and O–H groups in total. The number of anilines is 1. The van der Waals surface area contributed by atoms with E-state index in [1.807, 2.05) is 79.7 Å². The molecule has 1 saturated heterocycles. The SMILES string of the molecule is Cc1ccc(N2C(=O)C(=Cc3c4ccccc4cc4ccccc34)C(=O)NC2=S)cc1. The fraction of sp³-hybridized carbons (Fsp3) is 0.0385. The van der Waals surface area contributed by atoms with E-state index < -0.39 is 11.8 Å². The van der Waals surface area contributed by atoms with Gasteiger partial charge in [-0.25, -0.2) is 0 Å². The van der Waals surface area contributed by atoms with Gasteiger partial charge in [-0.2, -0.15) is 0 Å². The van der Waals surface area contributed by atoms with E-state index in [1.54, 1.807) is 6.08 Å². The molecule has 1 aliphatic heterocycles. The number of carbonyl (C=O) groups is 2. The molecule has 4 nitrogen and oxygen atoms in total. The summed E-state index contributed by atoms with van der Waals surface area (Å²) in [5.41, 5.74) is 2.58. The molecule has 150 valence electrons. The van der Waals surface area contributed by atoms with Gasteiger partial charge in [-0.3, -0.25) is 19.8 Å². The van der Waals surface area contributed by atoms with Crippen molar-refractivity contribution in [1.82, 2.24) is 5.32 Å². The Bertz CT molecular complexity index is 1370. The van der Waals surface area contributed by atoms with Crippen LogP contribution in [0.1, 0.15) is 11.1 Å². The van der Waals surface area contributed by atoms with Crippen LogP contribution in [0.3, 0.4) is 0 Å². The molecule has 4 aromatic rings. The first-order valence-corrected chi connectivity index (χ1v) is 10.3. The summed E-state index contributed by atoms with van der Waals surface area (Å²) in [6.07, 6.45) is 1.69. The molecule has 1 heterocycles.